The van der Waals surface area contributed by atoms with Gasteiger partial charge in [0.1, 0.15) is 11.8 Å². The highest BCUT2D eigenvalue weighted by Gasteiger charge is 2.18. The largest absolute Gasteiger partial charge is 0.497 e. The number of carbonyl (C=O) groups is 1. The number of carbonyl (C=O) groups excluding carboxylic acids is 1. The van der Waals surface area contributed by atoms with Crippen LogP contribution in [0.2, 0.25) is 0 Å². The summed E-state index contributed by atoms with van der Waals surface area (Å²) in [6.07, 6.45) is 0. The predicted molar refractivity (Wildman–Crippen MR) is 56.8 cm³/mol. The molecule has 0 unspecified atom stereocenters. The van der Waals surface area contributed by atoms with Gasteiger partial charge in [0.15, 0.2) is 0 Å². The van der Waals surface area contributed by atoms with Crippen molar-refractivity contribution in [2.45, 2.75) is 6.04 Å². The smallest absolute Gasteiger partial charge is 0.327 e. The summed E-state index contributed by atoms with van der Waals surface area (Å²) in [5.74, 6) is 0.459. The first-order valence-electron chi connectivity index (χ1n) is 4.62. The number of hydrogen-bond donors (Lipinski definition) is 1. The van der Waals surface area contributed by atoms with Crippen molar-refractivity contribution < 1.29 is 14.3 Å². The van der Waals surface area contributed by atoms with Gasteiger partial charge in [0.05, 0.1) is 14.2 Å². The molecule has 4 heteroatoms. The van der Waals surface area contributed by atoms with Gasteiger partial charge in [-0.05, 0) is 24.7 Å². The highest BCUT2D eigenvalue weighted by molar-refractivity contribution is 5.77. The molecule has 0 saturated carbocycles. The molecule has 0 aliphatic rings. The van der Waals surface area contributed by atoms with Crippen molar-refractivity contribution >= 4 is 5.97 Å². The van der Waals surface area contributed by atoms with Gasteiger partial charge in [-0.2, -0.15) is 0 Å². The number of likely N-dealkylation sites (N-methyl/N-ethyl adjacent to an activating group) is 1. The molecule has 0 heterocycles. The number of benzene rings is 1. The fourth-order valence-electron chi connectivity index (χ4n) is 1.33. The molecule has 0 aliphatic carbocycles. The Kier molecular flexibility index (Phi) is 4.12. The van der Waals surface area contributed by atoms with Crippen LogP contribution in [-0.4, -0.2) is 27.2 Å². The van der Waals surface area contributed by atoms with Crippen molar-refractivity contribution in [3.05, 3.63) is 29.8 Å². The number of methoxy groups -OCH3 is 2. The number of rotatable bonds is 4. The Bertz CT molecular complexity index is 321. The first kappa shape index (κ1) is 11.5. The van der Waals surface area contributed by atoms with E-state index in [0.29, 0.717) is 0 Å². The summed E-state index contributed by atoms with van der Waals surface area (Å²) in [4.78, 5) is 11.4. The first-order chi connectivity index (χ1) is 7.22. The Morgan fingerprint density at radius 3 is 2.27 bits per heavy atom. The summed E-state index contributed by atoms with van der Waals surface area (Å²) in [7, 11) is 4.69. The summed E-state index contributed by atoms with van der Waals surface area (Å²) in [5.41, 5.74) is 0.852. The van der Waals surface area contributed by atoms with E-state index in [4.69, 9.17) is 4.74 Å². The normalized spacial score (nSPS) is 11.9. The van der Waals surface area contributed by atoms with E-state index in [1.54, 1.807) is 14.2 Å². The van der Waals surface area contributed by atoms with Crippen LogP contribution in [0.15, 0.2) is 24.3 Å². The summed E-state index contributed by atoms with van der Waals surface area (Å²) >= 11 is 0. The quantitative estimate of drug-likeness (QED) is 0.755. The van der Waals surface area contributed by atoms with Gasteiger partial charge in [-0.25, -0.2) is 4.79 Å². The van der Waals surface area contributed by atoms with Crippen molar-refractivity contribution in [1.29, 1.82) is 0 Å². The third-order valence-electron chi connectivity index (χ3n) is 2.17. The van der Waals surface area contributed by atoms with Crippen molar-refractivity contribution in [1.82, 2.24) is 5.32 Å². The lowest BCUT2D eigenvalue weighted by Gasteiger charge is -2.14. The zero-order chi connectivity index (χ0) is 11.3. The van der Waals surface area contributed by atoms with Crippen LogP contribution in [0.4, 0.5) is 0 Å². The standard InChI is InChI=1S/C11H15NO3/c1-12-10(11(13)15-3)8-4-6-9(14-2)7-5-8/h4-7,10,12H,1-3H3/t10-/m0/s1. The lowest BCUT2D eigenvalue weighted by atomic mass is 10.1. The summed E-state index contributed by atoms with van der Waals surface area (Å²) in [5, 5.41) is 2.89. The Morgan fingerprint density at radius 2 is 1.87 bits per heavy atom. The van der Waals surface area contributed by atoms with Crippen molar-refractivity contribution in [2.75, 3.05) is 21.3 Å². The third-order valence-corrected chi connectivity index (χ3v) is 2.17. The minimum absolute atomic E-state index is 0.303. The molecule has 1 aromatic carbocycles. The van der Waals surface area contributed by atoms with Crippen molar-refractivity contribution in [3.8, 4) is 5.75 Å². The zero-order valence-corrected chi connectivity index (χ0v) is 9.11. The molecule has 1 N–H and O–H groups in total. The second kappa shape index (κ2) is 5.36. The minimum Gasteiger partial charge on any atom is -0.497 e. The van der Waals surface area contributed by atoms with E-state index in [0.717, 1.165) is 11.3 Å². The maximum atomic E-state index is 11.4. The lowest BCUT2D eigenvalue weighted by molar-refractivity contribution is -0.143. The van der Waals surface area contributed by atoms with Crippen LogP contribution in [0.25, 0.3) is 0 Å². The number of esters is 1. The number of ether oxygens (including phenoxy) is 2. The molecule has 15 heavy (non-hydrogen) atoms. The summed E-state index contributed by atoms with van der Waals surface area (Å²) in [6.45, 7) is 0. The van der Waals surface area contributed by atoms with Gasteiger partial charge in [-0.1, -0.05) is 12.1 Å². The van der Waals surface area contributed by atoms with E-state index >= 15 is 0 Å². The van der Waals surface area contributed by atoms with Crippen LogP contribution in [0.5, 0.6) is 5.75 Å². The maximum Gasteiger partial charge on any atom is 0.327 e. The monoisotopic (exact) mass is 209 g/mol. The van der Waals surface area contributed by atoms with Gasteiger partial charge in [-0.15, -0.1) is 0 Å². The Labute approximate surface area is 89.2 Å². The van der Waals surface area contributed by atoms with E-state index in [2.05, 4.69) is 10.1 Å². The Morgan fingerprint density at radius 1 is 1.27 bits per heavy atom. The van der Waals surface area contributed by atoms with Gasteiger partial charge in [0, 0.05) is 0 Å². The highest BCUT2D eigenvalue weighted by Crippen LogP contribution is 2.18. The molecule has 82 valence electrons. The maximum absolute atomic E-state index is 11.4. The molecule has 1 atom stereocenters. The van der Waals surface area contributed by atoms with Gasteiger partial charge in [0.25, 0.3) is 0 Å². The fraction of sp³-hybridized carbons (Fsp3) is 0.364. The topological polar surface area (TPSA) is 47.6 Å². The molecule has 4 nitrogen and oxygen atoms in total. The Hall–Kier alpha value is -1.55. The predicted octanol–water partition coefficient (Wildman–Crippen LogP) is 1.13. The van der Waals surface area contributed by atoms with Gasteiger partial charge in [-0.3, -0.25) is 0 Å². The van der Waals surface area contributed by atoms with Gasteiger partial charge >= 0.3 is 5.97 Å². The lowest BCUT2D eigenvalue weighted by Crippen LogP contribution is -2.26. The number of nitrogens with one attached hydrogen (secondary N) is 1. The van der Waals surface area contributed by atoms with E-state index in [1.807, 2.05) is 24.3 Å². The molecule has 0 spiro atoms. The zero-order valence-electron chi connectivity index (χ0n) is 9.11. The van der Waals surface area contributed by atoms with Crippen LogP contribution in [0, 0.1) is 0 Å². The molecular weight excluding hydrogens is 194 g/mol. The second-order valence-corrected chi connectivity index (χ2v) is 3.02. The molecule has 0 saturated heterocycles. The van der Waals surface area contributed by atoms with Gasteiger partial charge < -0.3 is 14.8 Å². The van der Waals surface area contributed by atoms with Crippen molar-refractivity contribution in [2.24, 2.45) is 0 Å². The van der Waals surface area contributed by atoms with Crippen molar-refractivity contribution in [3.63, 3.8) is 0 Å². The minimum atomic E-state index is -0.430. The van der Waals surface area contributed by atoms with Crippen LogP contribution in [0.3, 0.4) is 0 Å². The molecule has 0 aliphatic heterocycles. The van der Waals surface area contributed by atoms with E-state index in [1.165, 1.54) is 7.11 Å². The molecule has 1 rings (SSSR count). The molecule has 0 radical (unpaired) electrons. The summed E-state index contributed by atoms with van der Waals surface area (Å²) in [6, 6.07) is 6.85. The van der Waals surface area contributed by atoms with Crippen LogP contribution >= 0.6 is 0 Å². The molecule has 0 fully saturated rings. The Balaban J connectivity index is 2.87. The highest BCUT2D eigenvalue weighted by atomic mass is 16.5. The van der Waals surface area contributed by atoms with E-state index in [9.17, 15) is 4.79 Å². The van der Waals surface area contributed by atoms with Crippen LogP contribution in [0.1, 0.15) is 11.6 Å². The molecule has 1 aromatic rings. The SMILES string of the molecule is CN[C@H](C(=O)OC)c1ccc(OC)cc1. The van der Waals surface area contributed by atoms with E-state index in [-0.39, 0.29) is 5.97 Å². The average molecular weight is 209 g/mol. The summed E-state index contributed by atoms with van der Waals surface area (Å²) < 4.78 is 9.71. The first-order valence-corrected chi connectivity index (χ1v) is 4.62. The number of hydrogen-bond acceptors (Lipinski definition) is 4. The third kappa shape index (κ3) is 2.70. The van der Waals surface area contributed by atoms with Gasteiger partial charge in [0.2, 0.25) is 0 Å². The van der Waals surface area contributed by atoms with Crippen LogP contribution < -0.4 is 10.1 Å². The molecule has 0 bridgehead atoms. The average Bonchev–Trinajstić information content (AvgIpc) is 2.30. The fourth-order valence-corrected chi connectivity index (χ4v) is 1.33. The van der Waals surface area contributed by atoms with Crippen LogP contribution in [-0.2, 0) is 9.53 Å². The second-order valence-electron chi connectivity index (χ2n) is 3.02. The van der Waals surface area contributed by atoms with E-state index < -0.39 is 6.04 Å². The molecule has 0 amide bonds. The molecular formula is C11H15NO3. The molecule has 0 aromatic heterocycles.